The van der Waals surface area contributed by atoms with Gasteiger partial charge in [0.15, 0.2) is 4.80 Å². The molecule has 0 fully saturated rings. The van der Waals surface area contributed by atoms with Crippen LogP contribution in [0.1, 0.15) is 17.3 Å². The second-order valence-electron chi connectivity index (χ2n) is 5.26. The molecule has 1 aromatic heterocycles. The minimum Gasteiger partial charge on any atom is -0.465 e. The fourth-order valence-electron chi connectivity index (χ4n) is 2.44. The van der Waals surface area contributed by atoms with E-state index in [1.807, 2.05) is 24.3 Å². The van der Waals surface area contributed by atoms with Gasteiger partial charge in [-0.1, -0.05) is 41.1 Å². The number of carbonyl (C=O) groups is 2. The SMILES string of the molecule is CCOC(=O)Cn1c(=NC(=O)c2ccccc2I)sc2cccc(Cl)c21. The Morgan fingerprint density at radius 3 is 2.73 bits per heavy atom. The smallest absolute Gasteiger partial charge is 0.326 e. The van der Waals surface area contributed by atoms with Crippen molar-refractivity contribution in [2.75, 3.05) is 6.61 Å². The average molecular weight is 501 g/mol. The quantitative estimate of drug-likeness (QED) is 0.397. The molecule has 0 spiro atoms. The summed E-state index contributed by atoms with van der Waals surface area (Å²) in [5, 5.41) is 0.492. The topological polar surface area (TPSA) is 60.7 Å². The number of para-hydroxylation sites is 1. The molecular weight excluding hydrogens is 487 g/mol. The van der Waals surface area contributed by atoms with E-state index in [1.54, 1.807) is 29.7 Å². The van der Waals surface area contributed by atoms with Crippen molar-refractivity contribution in [3.05, 3.63) is 61.4 Å². The summed E-state index contributed by atoms with van der Waals surface area (Å²) < 4.78 is 8.33. The van der Waals surface area contributed by atoms with Gasteiger partial charge in [-0.15, -0.1) is 0 Å². The summed E-state index contributed by atoms with van der Waals surface area (Å²) in [6.07, 6.45) is 0. The van der Waals surface area contributed by atoms with Crippen LogP contribution >= 0.6 is 45.5 Å². The lowest BCUT2D eigenvalue weighted by molar-refractivity contribution is -0.143. The van der Waals surface area contributed by atoms with E-state index < -0.39 is 5.97 Å². The van der Waals surface area contributed by atoms with Crippen molar-refractivity contribution < 1.29 is 14.3 Å². The Morgan fingerprint density at radius 2 is 2.00 bits per heavy atom. The van der Waals surface area contributed by atoms with Gasteiger partial charge in [0.1, 0.15) is 6.54 Å². The molecule has 0 aliphatic heterocycles. The number of carbonyl (C=O) groups excluding carboxylic acids is 2. The van der Waals surface area contributed by atoms with E-state index in [4.69, 9.17) is 16.3 Å². The highest BCUT2D eigenvalue weighted by Crippen LogP contribution is 2.25. The first-order valence-corrected chi connectivity index (χ1v) is 10.1. The Hall–Kier alpha value is -1.71. The van der Waals surface area contributed by atoms with Crippen LogP contribution in [0.25, 0.3) is 10.2 Å². The number of hydrogen-bond donors (Lipinski definition) is 0. The van der Waals surface area contributed by atoms with Gasteiger partial charge in [0.05, 0.1) is 27.4 Å². The predicted octanol–water partition coefficient (Wildman–Crippen LogP) is 4.27. The zero-order valence-electron chi connectivity index (χ0n) is 13.7. The lowest BCUT2D eigenvalue weighted by atomic mass is 10.2. The highest BCUT2D eigenvalue weighted by atomic mass is 127. The van der Waals surface area contributed by atoms with E-state index in [1.165, 1.54) is 11.3 Å². The second-order valence-corrected chi connectivity index (χ2v) is 7.84. The number of halogens is 2. The van der Waals surface area contributed by atoms with Crippen molar-refractivity contribution in [3.8, 4) is 0 Å². The molecule has 0 saturated heterocycles. The van der Waals surface area contributed by atoms with Crippen LogP contribution in [0.3, 0.4) is 0 Å². The number of thiazole rings is 1. The maximum Gasteiger partial charge on any atom is 0.326 e. The van der Waals surface area contributed by atoms with E-state index in [2.05, 4.69) is 27.6 Å². The normalized spacial score (nSPS) is 11.7. The largest absolute Gasteiger partial charge is 0.465 e. The van der Waals surface area contributed by atoms with E-state index in [0.717, 1.165) is 8.27 Å². The molecular formula is C18H14ClIN2O3S. The molecule has 0 N–H and O–H groups in total. The predicted molar refractivity (Wildman–Crippen MR) is 111 cm³/mol. The molecule has 134 valence electrons. The van der Waals surface area contributed by atoms with Gasteiger partial charge in [-0.25, -0.2) is 0 Å². The molecule has 0 radical (unpaired) electrons. The van der Waals surface area contributed by atoms with Gasteiger partial charge in [0, 0.05) is 3.57 Å². The Labute approximate surface area is 172 Å². The third-order valence-electron chi connectivity index (χ3n) is 3.55. The highest BCUT2D eigenvalue weighted by Gasteiger charge is 2.15. The zero-order valence-corrected chi connectivity index (χ0v) is 17.5. The summed E-state index contributed by atoms with van der Waals surface area (Å²) in [6.45, 7) is 1.96. The number of benzene rings is 2. The summed E-state index contributed by atoms with van der Waals surface area (Å²) in [5.41, 5.74) is 1.18. The van der Waals surface area contributed by atoms with Gasteiger partial charge in [-0.05, 0) is 53.8 Å². The summed E-state index contributed by atoms with van der Waals surface area (Å²) in [4.78, 5) is 29.3. The van der Waals surface area contributed by atoms with E-state index >= 15 is 0 Å². The van der Waals surface area contributed by atoms with Gasteiger partial charge in [0.2, 0.25) is 0 Å². The summed E-state index contributed by atoms with van der Waals surface area (Å²) in [5.74, 6) is -0.773. The van der Waals surface area contributed by atoms with Crippen molar-refractivity contribution in [1.29, 1.82) is 0 Å². The summed E-state index contributed by atoms with van der Waals surface area (Å²) in [6, 6.07) is 12.7. The van der Waals surface area contributed by atoms with Crippen LogP contribution in [0.5, 0.6) is 0 Å². The van der Waals surface area contributed by atoms with Gasteiger partial charge < -0.3 is 9.30 Å². The van der Waals surface area contributed by atoms with Gasteiger partial charge in [-0.2, -0.15) is 4.99 Å². The second kappa shape index (κ2) is 8.32. The fourth-order valence-corrected chi connectivity index (χ4v) is 4.44. The molecule has 0 aliphatic carbocycles. The Kier molecular flexibility index (Phi) is 6.10. The molecule has 8 heteroatoms. The highest BCUT2D eigenvalue weighted by molar-refractivity contribution is 14.1. The molecule has 26 heavy (non-hydrogen) atoms. The Balaban J connectivity index is 2.15. The number of amides is 1. The number of hydrogen-bond acceptors (Lipinski definition) is 4. The molecule has 3 aromatic rings. The maximum atomic E-state index is 12.6. The van der Waals surface area contributed by atoms with E-state index in [9.17, 15) is 9.59 Å². The molecule has 2 aromatic carbocycles. The van der Waals surface area contributed by atoms with Crippen LogP contribution in [0.4, 0.5) is 0 Å². The minimum atomic E-state index is -0.407. The number of esters is 1. The number of aromatic nitrogens is 1. The average Bonchev–Trinajstić information content (AvgIpc) is 2.94. The molecule has 0 saturated carbocycles. The number of fused-ring (bicyclic) bond motifs is 1. The number of nitrogens with zero attached hydrogens (tertiary/aromatic N) is 2. The third-order valence-corrected chi connectivity index (χ3v) is 5.84. The van der Waals surface area contributed by atoms with Gasteiger partial charge >= 0.3 is 5.97 Å². The van der Waals surface area contributed by atoms with Crippen LogP contribution < -0.4 is 4.80 Å². The molecule has 0 aliphatic rings. The maximum absolute atomic E-state index is 12.6. The first kappa shape index (κ1) is 19.1. The van der Waals surface area contributed by atoms with Crippen LogP contribution in [-0.2, 0) is 16.1 Å². The number of rotatable bonds is 4. The lowest BCUT2D eigenvalue weighted by Crippen LogP contribution is -2.23. The van der Waals surface area contributed by atoms with Crippen molar-refractivity contribution >= 4 is 67.6 Å². The van der Waals surface area contributed by atoms with Crippen LogP contribution in [-0.4, -0.2) is 23.1 Å². The zero-order chi connectivity index (χ0) is 18.7. The van der Waals surface area contributed by atoms with Crippen molar-refractivity contribution in [3.63, 3.8) is 0 Å². The third kappa shape index (κ3) is 3.99. The molecule has 3 rings (SSSR count). The van der Waals surface area contributed by atoms with Crippen LogP contribution in [0.15, 0.2) is 47.5 Å². The standard InChI is InChI=1S/C18H14ClIN2O3S/c1-2-25-15(23)10-22-16-12(19)7-5-9-14(16)26-18(22)21-17(24)11-6-3-4-8-13(11)20/h3-9H,2,10H2,1H3. The molecule has 5 nitrogen and oxygen atoms in total. The molecule has 0 atom stereocenters. The molecule has 0 unspecified atom stereocenters. The fraction of sp³-hybridized carbons (Fsp3) is 0.167. The van der Waals surface area contributed by atoms with Crippen LogP contribution in [0, 0.1) is 3.57 Å². The summed E-state index contributed by atoms with van der Waals surface area (Å²) >= 11 is 9.73. The van der Waals surface area contributed by atoms with E-state index in [0.29, 0.717) is 20.9 Å². The summed E-state index contributed by atoms with van der Waals surface area (Å²) in [7, 11) is 0. The van der Waals surface area contributed by atoms with Crippen LogP contribution in [0.2, 0.25) is 5.02 Å². The first-order chi connectivity index (χ1) is 12.5. The monoisotopic (exact) mass is 500 g/mol. The minimum absolute atomic E-state index is 0.0600. The Morgan fingerprint density at radius 1 is 1.23 bits per heavy atom. The number of ether oxygens (including phenoxy) is 1. The van der Waals surface area contributed by atoms with Crippen molar-refractivity contribution in [1.82, 2.24) is 4.57 Å². The van der Waals surface area contributed by atoms with Crippen molar-refractivity contribution in [2.45, 2.75) is 13.5 Å². The molecule has 1 amide bonds. The van der Waals surface area contributed by atoms with Crippen molar-refractivity contribution in [2.24, 2.45) is 4.99 Å². The van der Waals surface area contributed by atoms with E-state index in [-0.39, 0.29) is 19.1 Å². The van der Waals surface area contributed by atoms with Gasteiger partial charge in [0.25, 0.3) is 5.91 Å². The molecule has 1 heterocycles. The van der Waals surface area contributed by atoms with Gasteiger partial charge in [-0.3, -0.25) is 9.59 Å². The molecule has 0 bridgehead atoms. The Bertz CT molecular complexity index is 1060. The lowest BCUT2D eigenvalue weighted by Gasteiger charge is -2.06. The first-order valence-electron chi connectivity index (χ1n) is 7.78.